The Morgan fingerprint density at radius 3 is 2.67 bits per heavy atom. The molecule has 4 heteroatoms. The van der Waals surface area contributed by atoms with Crippen molar-refractivity contribution in [3.05, 3.63) is 53.4 Å². The quantitative estimate of drug-likeness (QED) is 0.899. The summed E-state index contributed by atoms with van der Waals surface area (Å²) in [4.78, 5) is 12.0. The predicted molar refractivity (Wildman–Crippen MR) is 68.2 cm³/mol. The highest BCUT2D eigenvalue weighted by Gasteiger charge is 2.16. The van der Waals surface area contributed by atoms with Crippen LogP contribution in [-0.2, 0) is 0 Å². The van der Waals surface area contributed by atoms with Gasteiger partial charge in [0.25, 0.3) is 5.91 Å². The maximum Gasteiger partial charge on any atom is 0.273 e. The van der Waals surface area contributed by atoms with Crippen LogP contribution in [-0.4, -0.2) is 11.1 Å². The Bertz CT molecular complexity index is 520. The maximum absolute atomic E-state index is 12.0. The molecule has 0 aliphatic heterocycles. The Morgan fingerprint density at radius 2 is 2.11 bits per heavy atom. The van der Waals surface area contributed by atoms with Crippen LogP contribution in [0.15, 0.2) is 40.9 Å². The molecule has 0 saturated heterocycles. The molecule has 2 aromatic rings. The Labute approximate surface area is 106 Å². The first-order chi connectivity index (χ1) is 8.70. The monoisotopic (exact) mass is 244 g/mol. The number of rotatable bonds is 4. The lowest BCUT2D eigenvalue weighted by Crippen LogP contribution is -2.28. The average Bonchev–Trinajstić information content (AvgIpc) is 2.83. The van der Waals surface area contributed by atoms with Gasteiger partial charge in [0.05, 0.1) is 6.04 Å². The number of amides is 1. The van der Waals surface area contributed by atoms with Crippen molar-refractivity contribution in [2.45, 2.75) is 26.3 Å². The van der Waals surface area contributed by atoms with Crippen LogP contribution < -0.4 is 5.32 Å². The van der Waals surface area contributed by atoms with Crippen molar-refractivity contribution in [3.8, 4) is 0 Å². The summed E-state index contributed by atoms with van der Waals surface area (Å²) in [6, 6.07) is 11.5. The fraction of sp³-hybridized carbons (Fsp3) is 0.286. The Morgan fingerprint density at radius 1 is 1.39 bits per heavy atom. The number of hydrogen-bond acceptors (Lipinski definition) is 3. The lowest BCUT2D eigenvalue weighted by Gasteiger charge is -2.16. The van der Waals surface area contributed by atoms with Crippen LogP contribution in [0.3, 0.4) is 0 Å². The van der Waals surface area contributed by atoms with Crippen LogP contribution in [0.4, 0.5) is 0 Å². The van der Waals surface area contributed by atoms with Crippen molar-refractivity contribution in [2.24, 2.45) is 0 Å². The first-order valence-electron chi connectivity index (χ1n) is 6.00. The van der Waals surface area contributed by atoms with E-state index in [-0.39, 0.29) is 11.9 Å². The molecule has 1 amide bonds. The molecule has 0 saturated carbocycles. The number of nitrogens with one attached hydrogen (secondary N) is 1. The summed E-state index contributed by atoms with van der Waals surface area (Å²) >= 11 is 0. The summed E-state index contributed by atoms with van der Waals surface area (Å²) in [5.41, 5.74) is 1.41. The molecule has 0 bridgehead atoms. The topological polar surface area (TPSA) is 55.1 Å². The highest BCUT2D eigenvalue weighted by atomic mass is 16.5. The number of aryl methyl sites for hydroxylation is 1. The van der Waals surface area contributed by atoms with Crippen LogP contribution >= 0.6 is 0 Å². The van der Waals surface area contributed by atoms with Crippen molar-refractivity contribution >= 4 is 5.91 Å². The molecule has 1 aromatic heterocycles. The number of hydrogen-bond donors (Lipinski definition) is 1. The van der Waals surface area contributed by atoms with Crippen LogP contribution in [0, 0.1) is 6.92 Å². The third-order valence-corrected chi connectivity index (χ3v) is 2.78. The van der Waals surface area contributed by atoms with Gasteiger partial charge in [0.15, 0.2) is 5.69 Å². The highest BCUT2D eigenvalue weighted by molar-refractivity contribution is 5.92. The van der Waals surface area contributed by atoms with E-state index in [0.29, 0.717) is 11.5 Å². The van der Waals surface area contributed by atoms with Crippen LogP contribution in [0.5, 0.6) is 0 Å². The highest BCUT2D eigenvalue weighted by Crippen LogP contribution is 2.16. The van der Waals surface area contributed by atoms with E-state index in [2.05, 4.69) is 10.5 Å². The molecule has 1 unspecified atom stereocenters. The second-order valence-corrected chi connectivity index (χ2v) is 4.17. The number of nitrogens with zero attached hydrogens (tertiary/aromatic N) is 1. The molecule has 0 spiro atoms. The van der Waals surface area contributed by atoms with Gasteiger partial charge in [-0.1, -0.05) is 42.4 Å². The predicted octanol–water partition coefficient (Wildman–Crippen LogP) is 2.86. The molecule has 18 heavy (non-hydrogen) atoms. The fourth-order valence-electron chi connectivity index (χ4n) is 1.81. The molecule has 0 fully saturated rings. The van der Waals surface area contributed by atoms with E-state index in [1.165, 1.54) is 0 Å². The Hall–Kier alpha value is -2.10. The minimum atomic E-state index is -0.206. The summed E-state index contributed by atoms with van der Waals surface area (Å²) in [5.74, 6) is 0.426. The van der Waals surface area contributed by atoms with Crippen LogP contribution in [0.25, 0.3) is 0 Å². The zero-order valence-corrected chi connectivity index (χ0v) is 10.5. The van der Waals surface area contributed by atoms with Gasteiger partial charge in [0, 0.05) is 6.07 Å². The molecule has 94 valence electrons. The number of benzene rings is 1. The van der Waals surface area contributed by atoms with Gasteiger partial charge >= 0.3 is 0 Å². The standard InChI is InChI=1S/C14H16N2O2/c1-3-12(11-7-5-4-6-8-11)15-14(17)13-9-10(2)18-16-13/h4-9,12H,3H2,1-2H3,(H,15,17). The summed E-state index contributed by atoms with van der Waals surface area (Å²) in [7, 11) is 0. The zero-order chi connectivity index (χ0) is 13.0. The molecule has 1 N–H and O–H groups in total. The molecular weight excluding hydrogens is 228 g/mol. The first-order valence-corrected chi connectivity index (χ1v) is 6.00. The molecule has 0 aliphatic carbocycles. The van der Waals surface area contributed by atoms with Gasteiger partial charge in [-0.3, -0.25) is 4.79 Å². The Balaban J connectivity index is 2.10. The first kappa shape index (κ1) is 12.4. The van der Waals surface area contributed by atoms with Crippen molar-refractivity contribution < 1.29 is 9.32 Å². The fourth-order valence-corrected chi connectivity index (χ4v) is 1.81. The molecule has 4 nitrogen and oxygen atoms in total. The third kappa shape index (κ3) is 2.77. The lowest BCUT2D eigenvalue weighted by molar-refractivity contribution is 0.0926. The SMILES string of the molecule is CCC(NC(=O)c1cc(C)on1)c1ccccc1. The zero-order valence-electron chi connectivity index (χ0n) is 10.5. The molecule has 0 aliphatic rings. The Kier molecular flexibility index (Phi) is 3.77. The van der Waals surface area contributed by atoms with Gasteiger partial charge < -0.3 is 9.84 Å². The smallest absolute Gasteiger partial charge is 0.273 e. The van der Waals surface area contributed by atoms with Gasteiger partial charge in [-0.25, -0.2) is 0 Å². The van der Waals surface area contributed by atoms with E-state index in [0.717, 1.165) is 12.0 Å². The second-order valence-electron chi connectivity index (χ2n) is 4.17. The van der Waals surface area contributed by atoms with Gasteiger partial charge in [-0.05, 0) is 18.9 Å². The van der Waals surface area contributed by atoms with E-state index in [4.69, 9.17) is 4.52 Å². The molecular formula is C14H16N2O2. The summed E-state index contributed by atoms with van der Waals surface area (Å²) in [6.45, 7) is 3.80. The van der Waals surface area contributed by atoms with E-state index in [1.807, 2.05) is 37.3 Å². The second kappa shape index (κ2) is 5.49. The van der Waals surface area contributed by atoms with Crippen LogP contribution in [0.2, 0.25) is 0 Å². The summed E-state index contributed by atoms with van der Waals surface area (Å²) in [6.07, 6.45) is 0.826. The van der Waals surface area contributed by atoms with Crippen molar-refractivity contribution in [1.29, 1.82) is 0 Å². The molecule has 1 aromatic carbocycles. The third-order valence-electron chi connectivity index (χ3n) is 2.78. The van der Waals surface area contributed by atoms with Crippen molar-refractivity contribution in [1.82, 2.24) is 10.5 Å². The minimum absolute atomic E-state index is 0.00398. The average molecular weight is 244 g/mol. The summed E-state index contributed by atoms with van der Waals surface area (Å²) in [5, 5.41) is 6.66. The normalized spacial score (nSPS) is 12.1. The number of carbonyl (C=O) groups excluding carboxylic acids is 1. The van der Waals surface area contributed by atoms with Gasteiger partial charge in [0.2, 0.25) is 0 Å². The molecule has 2 rings (SSSR count). The van der Waals surface area contributed by atoms with Crippen molar-refractivity contribution in [3.63, 3.8) is 0 Å². The summed E-state index contributed by atoms with van der Waals surface area (Å²) < 4.78 is 4.90. The largest absolute Gasteiger partial charge is 0.361 e. The minimum Gasteiger partial charge on any atom is -0.361 e. The molecule has 1 atom stereocenters. The maximum atomic E-state index is 12.0. The van der Waals surface area contributed by atoms with Gasteiger partial charge in [0.1, 0.15) is 5.76 Å². The van der Waals surface area contributed by atoms with Crippen molar-refractivity contribution in [2.75, 3.05) is 0 Å². The van der Waals surface area contributed by atoms with Crippen LogP contribution in [0.1, 0.15) is 41.2 Å². The number of aromatic nitrogens is 1. The number of carbonyl (C=O) groups is 1. The molecule has 0 radical (unpaired) electrons. The molecule has 1 heterocycles. The van der Waals surface area contributed by atoms with E-state index >= 15 is 0 Å². The van der Waals surface area contributed by atoms with E-state index in [1.54, 1.807) is 13.0 Å². The lowest BCUT2D eigenvalue weighted by atomic mass is 10.0. The van der Waals surface area contributed by atoms with Gasteiger partial charge in [-0.15, -0.1) is 0 Å². The van der Waals surface area contributed by atoms with E-state index < -0.39 is 0 Å². The van der Waals surface area contributed by atoms with E-state index in [9.17, 15) is 4.79 Å². The van der Waals surface area contributed by atoms with Gasteiger partial charge in [-0.2, -0.15) is 0 Å².